The largest absolute Gasteiger partial charge is 0.465 e. The van der Waals surface area contributed by atoms with Crippen molar-refractivity contribution >= 4 is 17.6 Å². The number of carbonyl (C=O) groups excluding carboxylic acids is 2. The van der Waals surface area contributed by atoms with E-state index in [1.807, 2.05) is 0 Å². The summed E-state index contributed by atoms with van der Waals surface area (Å²) in [4.78, 5) is 33.9. The lowest BCUT2D eigenvalue weighted by Crippen LogP contribution is -2.16. The molecule has 1 heterocycles. The van der Waals surface area contributed by atoms with Crippen LogP contribution in [-0.2, 0) is 27.4 Å². The highest BCUT2D eigenvalue weighted by molar-refractivity contribution is 5.89. The summed E-state index contributed by atoms with van der Waals surface area (Å²) in [5.74, 6) is -1.08. The number of aryl methyl sites for hydroxylation is 1. The van der Waals surface area contributed by atoms with Crippen LogP contribution in [0.25, 0.3) is 0 Å². The lowest BCUT2D eigenvalue weighted by atomic mass is 10.1. The van der Waals surface area contributed by atoms with Crippen molar-refractivity contribution in [2.75, 3.05) is 7.11 Å². The topological polar surface area (TPSA) is 114 Å². The van der Waals surface area contributed by atoms with Crippen molar-refractivity contribution in [3.05, 3.63) is 56.9 Å². The van der Waals surface area contributed by atoms with E-state index in [2.05, 4.69) is 9.84 Å². The smallest absolute Gasteiger partial charge is 0.337 e. The summed E-state index contributed by atoms with van der Waals surface area (Å²) >= 11 is 0. The van der Waals surface area contributed by atoms with Crippen LogP contribution >= 0.6 is 0 Å². The average molecular weight is 347 g/mol. The van der Waals surface area contributed by atoms with Crippen molar-refractivity contribution < 1.29 is 24.0 Å². The molecule has 9 heteroatoms. The molecule has 2 aromatic rings. The van der Waals surface area contributed by atoms with Gasteiger partial charge in [-0.05, 0) is 31.5 Å². The first-order valence-electron chi connectivity index (χ1n) is 7.34. The van der Waals surface area contributed by atoms with Gasteiger partial charge in [0, 0.05) is 0 Å². The van der Waals surface area contributed by atoms with E-state index >= 15 is 0 Å². The minimum atomic E-state index is -0.594. The second-order valence-electron chi connectivity index (χ2n) is 5.29. The van der Waals surface area contributed by atoms with Crippen molar-refractivity contribution in [3.63, 3.8) is 0 Å². The number of hydrogen-bond acceptors (Lipinski definition) is 7. The first-order valence-corrected chi connectivity index (χ1v) is 7.34. The highest BCUT2D eigenvalue weighted by Gasteiger charge is 2.23. The third-order valence-corrected chi connectivity index (χ3v) is 3.55. The number of nitrogens with zero attached hydrogens (tertiary/aromatic N) is 3. The molecule has 0 atom stereocenters. The number of methoxy groups -OCH3 is 1. The molecule has 0 N–H and O–H groups in total. The molecule has 25 heavy (non-hydrogen) atoms. The van der Waals surface area contributed by atoms with Crippen LogP contribution in [0.15, 0.2) is 24.3 Å². The fourth-order valence-corrected chi connectivity index (χ4v) is 2.34. The van der Waals surface area contributed by atoms with Crippen LogP contribution in [-0.4, -0.2) is 33.8 Å². The SMILES string of the molecule is COC(=O)c1cccc(COC(=O)Cn2nc(C)c([N+](=O)[O-])c2C)c1. The zero-order valence-corrected chi connectivity index (χ0v) is 14.0. The monoisotopic (exact) mass is 347 g/mol. The molecule has 0 saturated heterocycles. The summed E-state index contributed by atoms with van der Waals surface area (Å²) in [5.41, 5.74) is 1.38. The fraction of sp³-hybridized carbons (Fsp3) is 0.312. The van der Waals surface area contributed by atoms with Crippen LogP contribution in [0, 0.1) is 24.0 Å². The summed E-state index contributed by atoms with van der Waals surface area (Å²) in [6.07, 6.45) is 0. The minimum absolute atomic E-state index is 0.0366. The molecule has 0 unspecified atom stereocenters. The Kier molecular flexibility index (Phi) is 5.48. The van der Waals surface area contributed by atoms with Gasteiger partial charge in [-0.1, -0.05) is 12.1 Å². The quantitative estimate of drug-likeness (QED) is 0.445. The van der Waals surface area contributed by atoms with Crippen LogP contribution in [0.3, 0.4) is 0 Å². The van der Waals surface area contributed by atoms with Crippen molar-refractivity contribution in [2.45, 2.75) is 27.0 Å². The van der Waals surface area contributed by atoms with Gasteiger partial charge in [0.05, 0.1) is 17.6 Å². The average Bonchev–Trinajstić information content (AvgIpc) is 2.86. The van der Waals surface area contributed by atoms with E-state index in [9.17, 15) is 19.7 Å². The number of benzene rings is 1. The van der Waals surface area contributed by atoms with Crippen molar-refractivity contribution in [1.29, 1.82) is 0 Å². The summed E-state index contributed by atoms with van der Waals surface area (Å²) in [6, 6.07) is 6.51. The number of ether oxygens (including phenoxy) is 2. The molecule has 9 nitrogen and oxygen atoms in total. The molecule has 0 aliphatic heterocycles. The Morgan fingerprint density at radius 3 is 2.64 bits per heavy atom. The third kappa shape index (κ3) is 4.19. The Morgan fingerprint density at radius 1 is 1.32 bits per heavy atom. The molecule has 0 fully saturated rings. The molecular formula is C16H17N3O6. The predicted molar refractivity (Wildman–Crippen MR) is 85.9 cm³/mol. The number of nitro groups is 1. The van der Waals surface area contributed by atoms with Gasteiger partial charge in [0.2, 0.25) is 0 Å². The lowest BCUT2D eigenvalue weighted by molar-refractivity contribution is -0.386. The van der Waals surface area contributed by atoms with Crippen LogP contribution in [0.2, 0.25) is 0 Å². The molecule has 0 radical (unpaired) electrons. The minimum Gasteiger partial charge on any atom is -0.465 e. The van der Waals surface area contributed by atoms with Crippen LogP contribution in [0.5, 0.6) is 0 Å². The van der Waals surface area contributed by atoms with E-state index in [4.69, 9.17) is 4.74 Å². The van der Waals surface area contributed by atoms with Gasteiger partial charge in [0.15, 0.2) is 0 Å². The van der Waals surface area contributed by atoms with Crippen LogP contribution in [0.4, 0.5) is 5.69 Å². The summed E-state index contributed by atoms with van der Waals surface area (Å²) < 4.78 is 11.0. The normalized spacial score (nSPS) is 10.4. The Balaban J connectivity index is 2.01. The number of esters is 2. The number of hydrogen-bond donors (Lipinski definition) is 0. The number of rotatable bonds is 6. The second kappa shape index (κ2) is 7.56. The summed E-state index contributed by atoms with van der Waals surface area (Å²) in [7, 11) is 1.28. The van der Waals surface area contributed by atoms with E-state index < -0.39 is 16.9 Å². The van der Waals surface area contributed by atoms with Crippen LogP contribution in [0.1, 0.15) is 27.3 Å². The van der Waals surface area contributed by atoms with E-state index in [-0.39, 0.29) is 30.2 Å². The molecule has 0 amide bonds. The first-order chi connectivity index (χ1) is 11.8. The van der Waals surface area contributed by atoms with E-state index in [1.165, 1.54) is 25.6 Å². The van der Waals surface area contributed by atoms with Crippen molar-refractivity contribution in [1.82, 2.24) is 9.78 Å². The van der Waals surface area contributed by atoms with E-state index in [1.54, 1.807) is 24.3 Å². The molecule has 132 valence electrons. The maximum atomic E-state index is 12.0. The Labute approximate surface area is 143 Å². The zero-order valence-electron chi connectivity index (χ0n) is 14.0. The standard InChI is InChI=1S/C16H17N3O6/c1-10-15(19(22)23)11(2)18(17-10)8-14(20)25-9-12-5-4-6-13(7-12)16(21)24-3/h4-7H,8-9H2,1-3H3. The molecule has 2 rings (SSSR count). The number of carbonyl (C=O) groups is 2. The predicted octanol–water partition coefficient (Wildman–Crippen LogP) is 1.94. The number of aromatic nitrogens is 2. The lowest BCUT2D eigenvalue weighted by Gasteiger charge is -2.07. The molecule has 0 spiro atoms. The van der Waals surface area contributed by atoms with Gasteiger partial charge in [-0.15, -0.1) is 0 Å². The van der Waals surface area contributed by atoms with E-state index in [0.29, 0.717) is 11.1 Å². The molecule has 0 bridgehead atoms. The molecule has 1 aromatic heterocycles. The highest BCUT2D eigenvalue weighted by Crippen LogP contribution is 2.21. The van der Waals surface area contributed by atoms with Gasteiger partial charge in [0.1, 0.15) is 24.5 Å². The zero-order chi connectivity index (χ0) is 18.6. The van der Waals surface area contributed by atoms with Gasteiger partial charge in [-0.25, -0.2) is 4.79 Å². The third-order valence-electron chi connectivity index (χ3n) is 3.55. The Hall–Kier alpha value is -3.23. The van der Waals surface area contributed by atoms with Gasteiger partial charge in [-0.3, -0.25) is 19.6 Å². The maximum absolute atomic E-state index is 12.0. The van der Waals surface area contributed by atoms with Crippen molar-refractivity contribution in [3.8, 4) is 0 Å². The van der Waals surface area contributed by atoms with Gasteiger partial charge in [-0.2, -0.15) is 5.10 Å². The van der Waals surface area contributed by atoms with Gasteiger partial charge < -0.3 is 9.47 Å². The molecule has 1 aromatic carbocycles. The summed E-state index contributed by atoms with van der Waals surface area (Å²) in [6.45, 7) is 2.75. The summed E-state index contributed by atoms with van der Waals surface area (Å²) in [5, 5.41) is 15.0. The van der Waals surface area contributed by atoms with Crippen molar-refractivity contribution in [2.24, 2.45) is 0 Å². The Morgan fingerprint density at radius 2 is 2.04 bits per heavy atom. The van der Waals surface area contributed by atoms with Gasteiger partial charge >= 0.3 is 17.6 Å². The molecular weight excluding hydrogens is 330 g/mol. The second-order valence-corrected chi connectivity index (χ2v) is 5.29. The fourth-order valence-electron chi connectivity index (χ4n) is 2.34. The first kappa shape index (κ1) is 18.1. The van der Waals surface area contributed by atoms with E-state index in [0.717, 1.165) is 0 Å². The Bertz CT molecular complexity index is 827. The molecule has 0 aliphatic rings. The van der Waals surface area contributed by atoms with Crippen LogP contribution < -0.4 is 0 Å². The maximum Gasteiger partial charge on any atom is 0.337 e. The van der Waals surface area contributed by atoms with Gasteiger partial charge in [0.25, 0.3) is 0 Å². The highest BCUT2D eigenvalue weighted by atomic mass is 16.6. The molecule has 0 saturated carbocycles. The molecule has 0 aliphatic carbocycles.